The number of unbranched alkanes of at least 4 members (excludes halogenated alkanes) is 3. The van der Waals surface area contributed by atoms with E-state index in [4.69, 9.17) is 0 Å². The lowest BCUT2D eigenvalue weighted by atomic mass is 9.79. The second-order valence-electron chi connectivity index (χ2n) is 5.52. The lowest BCUT2D eigenvalue weighted by Crippen LogP contribution is -2.36. The van der Waals surface area contributed by atoms with Gasteiger partial charge in [-0.05, 0) is 25.0 Å². The summed E-state index contributed by atoms with van der Waals surface area (Å²) in [5.74, 6) is 0.250. The molecule has 0 aliphatic carbocycles. The molecule has 1 aliphatic heterocycles. The van der Waals surface area contributed by atoms with Crippen molar-refractivity contribution in [3.63, 3.8) is 0 Å². The van der Waals surface area contributed by atoms with Gasteiger partial charge in [0.2, 0.25) is 5.91 Å². The van der Waals surface area contributed by atoms with Crippen LogP contribution in [-0.2, 0) is 10.2 Å². The Morgan fingerprint density at radius 2 is 1.89 bits per heavy atom. The van der Waals surface area contributed by atoms with Gasteiger partial charge in [-0.2, -0.15) is 0 Å². The van der Waals surface area contributed by atoms with Crippen molar-refractivity contribution in [1.29, 1.82) is 0 Å². The van der Waals surface area contributed by atoms with E-state index in [0.29, 0.717) is 0 Å². The highest BCUT2D eigenvalue weighted by molar-refractivity contribution is 6.07. The molecule has 1 amide bonds. The highest BCUT2D eigenvalue weighted by Gasteiger charge is 2.44. The van der Waals surface area contributed by atoms with Crippen molar-refractivity contribution in [1.82, 2.24) is 0 Å². The van der Waals surface area contributed by atoms with Crippen LogP contribution in [0.15, 0.2) is 24.3 Å². The minimum atomic E-state index is -0.306. The molecule has 0 spiro atoms. The molecule has 1 aliphatic rings. The zero-order chi connectivity index (χ0) is 13.2. The lowest BCUT2D eigenvalue weighted by molar-refractivity contribution is -0.122. The van der Waals surface area contributed by atoms with Crippen LogP contribution in [0.4, 0.5) is 5.69 Å². The maximum absolute atomic E-state index is 12.5. The number of carbonyl (C=O) groups excluding carboxylic acids is 1. The van der Waals surface area contributed by atoms with E-state index in [1.807, 2.05) is 30.1 Å². The van der Waals surface area contributed by atoms with Gasteiger partial charge in [0.25, 0.3) is 0 Å². The summed E-state index contributed by atoms with van der Waals surface area (Å²) < 4.78 is 0. The van der Waals surface area contributed by atoms with Crippen molar-refractivity contribution in [2.45, 2.75) is 51.4 Å². The molecular weight excluding hydrogens is 222 g/mol. The molecule has 0 saturated carbocycles. The van der Waals surface area contributed by atoms with Gasteiger partial charge < -0.3 is 4.90 Å². The molecule has 0 fully saturated rings. The van der Waals surface area contributed by atoms with Gasteiger partial charge in [-0.25, -0.2) is 0 Å². The first-order chi connectivity index (χ1) is 8.61. The molecule has 0 radical (unpaired) electrons. The van der Waals surface area contributed by atoms with E-state index in [1.165, 1.54) is 24.8 Å². The van der Waals surface area contributed by atoms with Crippen molar-refractivity contribution in [3.05, 3.63) is 29.8 Å². The van der Waals surface area contributed by atoms with Crippen molar-refractivity contribution in [2.24, 2.45) is 0 Å². The number of hydrogen-bond acceptors (Lipinski definition) is 1. The van der Waals surface area contributed by atoms with Crippen LogP contribution >= 0.6 is 0 Å². The van der Waals surface area contributed by atoms with Gasteiger partial charge in [-0.3, -0.25) is 4.79 Å². The lowest BCUT2D eigenvalue weighted by Gasteiger charge is -2.23. The molecule has 1 aromatic rings. The topological polar surface area (TPSA) is 20.3 Å². The SMILES string of the molecule is CCCCCC[C@]1(C)C(=O)N(C)c2ccccc21. The van der Waals surface area contributed by atoms with Crippen LogP contribution in [0.3, 0.4) is 0 Å². The third kappa shape index (κ3) is 2.05. The number of amides is 1. The Bertz CT molecular complexity index is 440. The van der Waals surface area contributed by atoms with Crippen LogP contribution < -0.4 is 4.90 Å². The second kappa shape index (κ2) is 5.13. The largest absolute Gasteiger partial charge is 0.314 e. The quantitative estimate of drug-likeness (QED) is 0.721. The molecule has 0 N–H and O–H groups in total. The first kappa shape index (κ1) is 13.1. The molecule has 1 atom stereocenters. The van der Waals surface area contributed by atoms with Gasteiger partial charge in [-0.15, -0.1) is 0 Å². The molecule has 98 valence electrons. The number of hydrogen-bond donors (Lipinski definition) is 0. The van der Waals surface area contributed by atoms with Crippen LogP contribution in [0.2, 0.25) is 0 Å². The summed E-state index contributed by atoms with van der Waals surface area (Å²) in [5, 5.41) is 0. The van der Waals surface area contributed by atoms with E-state index in [9.17, 15) is 4.79 Å². The Kier molecular flexibility index (Phi) is 3.74. The second-order valence-corrected chi connectivity index (χ2v) is 5.52. The number of likely N-dealkylation sites (N-methyl/N-ethyl adjacent to an activating group) is 1. The number of rotatable bonds is 5. The number of benzene rings is 1. The minimum absolute atomic E-state index is 0.250. The Morgan fingerprint density at radius 3 is 2.61 bits per heavy atom. The normalized spacial score (nSPS) is 22.4. The third-order valence-electron chi connectivity index (χ3n) is 4.17. The Balaban J connectivity index is 2.19. The van der Waals surface area contributed by atoms with E-state index in [2.05, 4.69) is 19.9 Å². The van der Waals surface area contributed by atoms with Gasteiger partial charge >= 0.3 is 0 Å². The summed E-state index contributed by atoms with van der Waals surface area (Å²) in [6, 6.07) is 8.20. The summed E-state index contributed by atoms with van der Waals surface area (Å²) >= 11 is 0. The average Bonchev–Trinajstić information content (AvgIpc) is 2.59. The summed E-state index contributed by atoms with van der Waals surface area (Å²) in [7, 11) is 1.89. The number of carbonyl (C=O) groups is 1. The van der Waals surface area contributed by atoms with E-state index >= 15 is 0 Å². The zero-order valence-corrected chi connectivity index (χ0v) is 11.7. The van der Waals surface area contributed by atoms with Crippen molar-refractivity contribution < 1.29 is 4.79 Å². The van der Waals surface area contributed by atoms with Gasteiger partial charge in [0.1, 0.15) is 0 Å². The summed E-state index contributed by atoms with van der Waals surface area (Å²) in [6.45, 7) is 4.31. The summed E-state index contributed by atoms with van der Waals surface area (Å²) in [4.78, 5) is 14.3. The summed E-state index contributed by atoms with van der Waals surface area (Å²) in [6.07, 6.45) is 5.83. The van der Waals surface area contributed by atoms with Crippen molar-refractivity contribution >= 4 is 11.6 Å². The number of nitrogens with zero attached hydrogens (tertiary/aromatic N) is 1. The molecule has 0 saturated heterocycles. The van der Waals surface area contributed by atoms with E-state index < -0.39 is 0 Å². The van der Waals surface area contributed by atoms with Gasteiger partial charge in [0.05, 0.1) is 5.41 Å². The number of para-hydroxylation sites is 1. The average molecular weight is 245 g/mol. The molecule has 0 unspecified atom stereocenters. The Morgan fingerprint density at radius 1 is 1.17 bits per heavy atom. The van der Waals surface area contributed by atoms with Gasteiger partial charge in [0, 0.05) is 12.7 Å². The molecular formula is C16H23NO. The maximum Gasteiger partial charge on any atom is 0.237 e. The first-order valence-corrected chi connectivity index (χ1v) is 6.99. The van der Waals surface area contributed by atoms with E-state index in [0.717, 1.165) is 18.5 Å². The maximum atomic E-state index is 12.5. The standard InChI is InChI=1S/C16H23NO/c1-4-5-6-9-12-16(2)13-10-7-8-11-14(13)17(3)15(16)18/h7-8,10-11H,4-6,9,12H2,1-3H3/t16-/m0/s1. The first-order valence-electron chi connectivity index (χ1n) is 6.99. The van der Waals surface area contributed by atoms with Crippen LogP contribution in [-0.4, -0.2) is 13.0 Å². The molecule has 2 heteroatoms. The van der Waals surface area contributed by atoms with Gasteiger partial charge in [-0.1, -0.05) is 50.8 Å². The van der Waals surface area contributed by atoms with Crippen LogP contribution in [0, 0.1) is 0 Å². The highest BCUT2D eigenvalue weighted by atomic mass is 16.2. The Hall–Kier alpha value is -1.31. The van der Waals surface area contributed by atoms with E-state index in [-0.39, 0.29) is 11.3 Å². The van der Waals surface area contributed by atoms with E-state index in [1.54, 1.807) is 0 Å². The minimum Gasteiger partial charge on any atom is -0.314 e. The Labute approximate surface area is 110 Å². The molecule has 2 nitrogen and oxygen atoms in total. The van der Waals surface area contributed by atoms with Crippen molar-refractivity contribution in [3.8, 4) is 0 Å². The van der Waals surface area contributed by atoms with Crippen LogP contribution in [0.25, 0.3) is 0 Å². The predicted octanol–water partition coefficient (Wildman–Crippen LogP) is 3.89. The monoisotopic (exact) mass is 245 g/mol. The fourth-order valence-electron chi connectivity index (χ4n) is 2.97. The zero-order valence-electron chi connectivity index (χ0n) is 11.7. The fraction of sp³-hybridized carbons (Fsp3) is 0.562. The molecule has 0 bridgehead atoms. The van der Waals surface area contributed by atoms with Gasteiger partial charge in [0.15, 0.2) is 0 Å². The smallest absolute Gasteiger partial charge is 0.237 e. The fourth-order valence-corrected chi connectivity index (χ4v) is 2.97. The highest BCUT2D eigenvalue weighted by Crippen LogP contribution is 2.43. The van der Waals surface area contributed by atoms with Crippen LogP contribution in [0.1, 0.15) is 51.5 Å². The van der Waals surface area contributed by atoms with Crippen molar-refractivity contribution in [2.75, 3.05) is 11.9 Å². The molecule has 2 rings (SSSR count). The molecule has 1 aromatic carbocycles. The predicted molar refractivity (Wildman–Crippen MR) is 76.0 cm³/mol. The molecule has 18 heavy (non-hydrogen) atoms. The summed E-state index contributed by atoms with van der Waals surface area (Å²) in [5.41, 5.74) is 1.98. The third-order valence-corrected chi connectivity index (χ3v) is 4.17. The molecule has 1 heterocycles. The van der Waals surface area contributed by atoms with Crippen LogP contribution in [0.5, 0.6) is 0 Å². The number of anilines is 1. The number of fused-ring (bicyclic) bond motifs is 1. The molecule has 0 aromatic heterocycles.